The van der Waals surface area contributed by atoms with Gasteiger partial charge in [-0.1, -0.05) is 0 Å². The summed E-state index contributed by atoms with van der Waals surface area (Å²) in [6.45, 7) is 4.92. The highest BCUT2D eigenvalue weighted by atomic mass is 19.4. The van der Waals surface area contributed by atoms with E-state index in [2.05, 4.69) is 5.32 Å². The molecular formula is C12H19F3N2O2. The number of halogens is 3. The molecule has 4 nitrogen and oxygen atoms in total. The number of alkyl halides is 3. The van der Waals surface area contributed by atoms with E-state index in [0.29, 0.717) is 0 Å². The summed E-state index contributed by atoms with van der Waals surface area (Å²) in [5, 5.41) is 2.59. The van der Waals surface area contributed by atoms with Crippen molar-refractivity contribution < 1.29 is 22.8 Å². The minimum Gasteiger partial charge on any atom is -0.340 e. The van der Waals surface area contributed by atoms with Crippen LogP contribution in [0.4, 0.5) is 13.2 Å². The second-order valence-electron chi connectivity index (χ2n) is 5.36. The Morgan fingerprint density at radius 2 is 1.84 bits per heavy atom. The molecule has 0 aromatic carbocycles. The molecule has 1 unspecified atom stereocenters. The maximum atomic E-state index is 12.1. The van der Waals surface area contributed by atoms with Crippen LogP contribution in [0.3, 0.4) is 0 Å². The highest BCUT2D eigenvalue weighted by molar-refractivity contribution is 5.99. The Balaban J connectivity index is 2.55. The Bertz CT molecular complexity index is 366. The number of carbonyl (C=O) groups is 2. The number of hydrogen-bond acceptors (Lipinski definition) is 2. The summed E-state index contributed by atoms with van der Waals surface area (Å²) < 4.78 is 36.0. The van der Waals surface area contributed by atoms with Crippen LogP contribution in [0.15, 0.2) is 0 Å². The van der Waals surface area contributed by atoms with Crippen molar-refractivity contribution in [1.29, 1.82) is 0 Å². The fourth-order valence-electron chi connectivity index (χ4n) is 2.05. The van der Waals surface area contributed by atoms with Crippen LogP contribution in [0.2, 0.25) is 0 Å². The Kier molecular flexibility index (Phi) is 4.47. The van der Waals surface area contributed by atoms with Crippen molar-refractivity contribution in [2.45, 2.75) is 57.8 Å². The summed E-state index contributed by atoms with van der Waals surface area (Å²) in [5.74, 6) is -0.535. The molecule has 0 aliphatic carbocycles. The van der Waals surface area contributed by atoms with Gasteiger partial charge in [-0.3, -0.25) is 9.59 Å². The number of carbonyl (C=O) groups excluding carboxylic acids is 2. The predicted molar refractivity (Wildman–Crippen MR) is 63.3 cm³/mol. The molecule has 1 fully saturated rings. The lowest BCUT2D eigenvalue weighted by molar-refractivity contribution is -0.153. The van der Waals surface area contributed by atoms with Gasteiger partial charge in [-0.15, -0.1) is 0 Å². The number of hydrogen-bond donors (Lipinski definition) is 1. The van der Waals surface area contributed by atoms with Crippen LogP contribution in [0, 0.1) is 0 Å². The first kappa shape index (κ1) is 15.8. The zero-order valence-electron chi connectivity index (χ0n) is 11.3. The van der Waals surface area contributed by atoms with Gasteiger partial charge in [0.05, 0.1) is 0 Å². The number of piperazine rings is 1. The molecule has 0 radical (unpaired) electrons. The predicted octanol–water partition coefficient (Wildman–Crippen LogP) is 1.84. The molecule has 0 aromatic rings. The van der Waals surface area contributed by atoms with Gasteiger partial charge in [0, 0.05) is 13.0 Å². The first-order valence-electron chi connectivity index (χ1n) is 6.24. The quantitative estimate of drug-likeness (QED) is 0.799. The molecule has 1 saturated heterocycles. The van der Waals surface area contributed by atoms with Gasteiger partial charge in [0.15, 0.2) is 0 Å². The molecule has 0 saturated carbocycles. The van der Waals surface area contributed by atoms with Crippen molar-refractivity contribution in [2.24, 2.45) is 0 Å². The monoisotopic (exact) mass is 280 g/mol. The molecule has 1 heterocycles. The van der Waals surface area contributed by atoms with E-state index < -0.39 is 24.2 Å². The van der Waals surface area contributed by atoms with Gasteiger partial charge in [0.2, 0.25) is 11.8 Å². The van der Waals surface area contributed by atoms with Crippen LogP contribution in [0.5, 0.6) is 0 Å². The molecule has 0 aromatic heterocycles. The van der Waals surface area contributed by atoms with Crippen LogP contribution in [0.25, 0.3) is 0 Å². The van der Waals surface area contributed by atoms with E-state index >= 15 is 0 Å². The molecule has 0 bridgehead atoms. The average Bonchev–Trinajstić information content (AvgIpc) is 2.24. The molecule has 1 N–H and O–H groups in total. The van der Waals surface area contributed by atoms with Gasteiger partial charge in [0.1, 0.15) is 11.6 Å². The minimum absolute atomic E-state index is 0.0396. The lowest BCUT2D eigenvalue weighted by Gasteiger charge is -2.41. The third-order valence-corrected chi connectivity index (χ3v) is 3.19. The van der Waals surface area contributed by atoms with Crippen molar-refractivity contribution >= 4 is 11.8 Å². The molecular weight excluding hydrogens is 261 g/mol. The summed E-state index contributed by atoms with van der Waals surface area (Å²) in [6.07, 6.45) is -4.84. The van der Waals surface area contributed by atoms with E-state index in [1.54, 1.807) is 20.8 Å². The van der Waals surface area contributed by atoms with Gasteiger partial charge in [-0.2, -0.15) is 13.2 Å². The molecule has 1 aliphatic rings. The minimum atomic E-state index is -4.17. The summed E-state index contributed by atoms with van der Waals surface area (Å²) >= 11 is 0. The third kappa shape index (κ3) is 4.11. The van der Waals surface area contributed by atoms with Gasteiger partial charge in [-0.05, 0) is 33.6 Å². The Morgan fingerprint density at radius 1 is 1.26 bits per heavy atom. The van der Waals surface area contributed by atoms with E-state index in [0.717, 1.165) is 0 Å². The first-order valence-corrected chi connectivity index (χ1v) is 6.24. The van der Waals surface area contributed by atoms with Crippen LogP contribution in [-0.2, 0) is 9.59 Å². The summed E-state index contributed by atoms with van der Waals surface area (Å²) in [5.41, 5.74) is -0.992. The number of nitrogens with one attached hydrogen (secondary N) is 1. The van der Waals surface area contributed by atoms with Gasteiger partial charge >= 0.3 is 6.18 Å². The first-order chi connectivity index (χ1) is 8.54. The van der Waals surface area contributed by atoms with Crippen molar-refractivity contribution in [2.75, 3.05) is 6.54 Å². The molecule has 0 spiro atoms. The third-order valence-electron chi connectivity index (χ3n) is 3.19. The average molecular weight is 280 g/mol. The van der Waals surface area contributed by atoms with E-state index in [1.807, 2.05) is 0 Å². The van der Waals surface area contributed by atoms with Crippen LogP contribution < -0.4 is 5.32 Å². The lowest BCUT2D eigenvalue weighted by Crippen LogP contribution is -2.67. The second kappa shape index (κ2) is 5.38. The van der Waals surface area contributed by atoms with E-state index in [1.165, 1.54) is 4.90 Å². The Hall–Kier alpha value is -1.27. The standard InChI is InChI=1S/C12H19F3N2O2/c1-8-9(18)16-11(2,3)10(19)17(8)7-5-4-6-12(13,14)15/h8H,4-7H2,1-3H3,(H,16,18). The molecule has 110 valence electrons. The zero-order valence-corrected chi connectivity index (χ0v) is 11.3. The summed E-state index contributed by atoms with van der Waals surface area (Å²) in [7, 11) is 0. The van der Waals surface area contributed by atoms with Gasteiger partial charge < -0.3 is 10.2 Å². The van der Waals surface area contributed by atoms with Crippen LogP contribution in [0.1, 0.15) is 40.0 Å². The largest absolute Gasteiger partial charge is 0.389 e. The zero-order chi connectivity index (χ0) is 14.8. The van der Waals surface area contributed by atoms with E-state index in [4.69, 9.17) is 0 Å². The molecule has 7 heteroatoms. The number of nitrogens with zero attached hydrogens (tertiary/aromatic N) is 1. The van der Waals surface area contributed by atoms with Crippen molar-refractivity contribution in [3.63, 3.8) is 0 Å². The summed E-state index contributed by atoms with van der Waals surface area (Å²) in [4.78, 5) is 25.1. The number of rotatable bonds is 4. The Morgan fingerprint density at radius 3 is 2.37 bits per heavy atom. The smallest absolute Gasteiger partial charge is 0.340 e. The second-order valence-corrected chi connectivity index (χ2v) is 5.36. The molecule has 1 aliphatic heterocycles. The van der Waals surface area contributed by atoms with Crippen molar-refractivity contribution in [3.05, 3.63) is 0 Å². The summed E-state index contributed by atoms with van der Waals surface area (Å²) in [6, 6.07) is -0.633. The maximum absolute atomic E-state index is 12.1. The van der Waals surface area contributed by atoms with Gasteiger partial charge in [0.25, 0.3) is 0 Å². The van der Waals surface area contributed by atoms with Crippen molar-refractivity contribution in [1.82, 2.24) is 10.2 Å². The van der Waals surface area contributed by atoms with E-state index in [9.17, 15) is 22.8 Å². The fourth-order valence-corrected chi connectivity index (χ4v) is 2.05. The topological polar surface area (TPSA) is 49.4 Å². The SMILES string of the molecule is CC1C(=O)NC(C)(C)C(=O)N1CCCCC(F)(F)F. The fraction of sp³-hybridized carbons (Fsp3) is 0.833. The lowest BCUT2D eigenvalue weighted by atomic mass is 9.97. The molecule has 1 rings (SSSR count). The van der Waals surface area contributed by atoms with Crippen molar-refractivity contribution in [3.8, 4) is 0 Å². The number of amides is 2. The van der Waals surface area contributed by atoms with Crippen LogP contribution >= 0.6 is 0 Å². The number of unbranched alkanes of at least 4 members (excludes halogenated alkanes) is 1. The molecule has 19 heavy (non-hydrogen) atoms. The molecule has 1 atom stereocenters. The van der Waals surface area contributed by atoms with Gasteiger partial charge in [-0.25, -0.2) is 0 Å². The molecule has 2 amide bonds. The van der Waals surface area contributed by atoms with E-state index in [-0.39, 0.29) is 31.2 Å². The highest BCUT2D eigenvalue weighted by Gasteiger charge is 2.42. The normalized spacial score (nSPS) is 23.5. The maximum Gasteiger partial charge on any atom is 0.389 e. The highest BCUT2D eigenvalue weighted by Crippen LogP contribution is 2.23. The van der Waals surface area contributed by atoms with Crippen LogP contribution in [-0.4, -0.2) is 41.0 Å². The Labute approximate surface area is 110 Å².